The van der Waals surface area contributed by atoms with Gasteiger partial charge in [0.05, 0.1) is 0 Å². The molecule has 0 aromatic carbocycles. The van der Waals surface area contributed by atoms with E-state index in [0.717, 1.165) is 56.8 Å². The van der Waals surface area contributed by atoms with E-state index in [0.29, 0.717) is 12.6 Å². The van der Waals surface area contributed by atoms with E-state index in [4.69, 9.17) is 0 Å². The number of nitrogens with one attached hydrogen (secondary N) is 3. The second-order valence-electron chi connectivity index (χ2n) is 6.57. The minimum Gasteiger partial charge on any atom is -0.370 e. The maximum atomic E-state index is 11.9. The van der Waals surface area contributed by atoms with Crippen LogP contribution in [-0.4, -0.2) is 55.2 Å². The van der Waals surface area contributed by atoms with Crippen LogP contribution in [0.3, 0.4) is 0 Å². The lowest BCUT2D eigenvalue weighted by molar-refractivity contribution is 0.214. The fourth-order valence-electron chi connectivity index (χ4n) is 3.20. The van der Waals surface area contributed by atoms with E-state index in [1.165, 1.54) is 12.0 Å². The average Bonchev–Trinajstić information content (AvgIpc) is 2.57. The van der Waals surface area contributed by atoms with Crippen molar-refractivity contribution in [2.24, 2.45) is 0 Å². The van der Waals surface area contributed by atoms with Gasteiger partial charge in [-0.2, -0.15) is 0 Å². The van der Waals surface area contributed by atoms with Crippen molar-refractivity contribution in [2.45, 2.75) is 38.1 Å². The lowest BCUT2D eigenvalue weighted by Gasteiger charge is -2.29. The zero-order valence-corrected chi connectivity index (χ0v) is 13.9. The summed E-state index contributed by atoms with van der Waals surface area (Å²) in [5.74, 6) is 1.02. The predicted molar refractivity (Wildman–Crippen MR) is 91.8 cm³/mol. The van der Waals surface area contributed by atoms with Gasteiger partial charge in [-0.05, 0) is 57.5 Å². The van der Waals surface area contributed by atoms with Crippen LogP contribution in [0.2, 0.25) is 0 Å². The van der Waals surface area contributed by atoms with Gasteiger partial charge in [-0.15, -0.1) is 0 Å². The third-order valence-corrected chi connectivity index (χ3v) is 4.67. The minimum absolute atomic E-state index is 0.0596. The van der Waals surface area contributed by atoms with Crippen molar-refractivity contribution >= 4 is 11.8 Å². The van der Waals surface area contributed by atoms with Gasteiger partial charge in [-0.1, -0.05) is 6.07 Å². The summed E-state index contributed by atoms with van der Waals surface area (Å²) in [7, 11) is 2.12. The zero-order chi connectivity index (χ0) is 16.1. The molecule has 23 heavy (non-hydrogen) atoms. The first-order valence-electron chi connectivity index (χ1n) is 8.66. The molecule has 126 valence electrons. The first-order valence-corrected chi connectivity index (χ1v) is 8.66. The number of aryl methyl sites for hydroxylation is 1. The van der Waals surface area contributed by atoms with Crippen LogP contribution >= 0.6 is 0 Å². The summed E-state index contributed by atoms with van der Waals surface area (Å²) < 4.78 is 0. The number of piperidine rings is 1. The van der Waals surface area contributed by atoms with Crippen LogP contribution < -0.4 is 16.0 Å². The Morgan fingerprint density at radius 1 is 1.39 bits per heavy atom. The lowest BCUT2D eigenvalue weighted by atomic mass is 10.1. The van der Waals surface area contributed by atoms with Crippen LogP contribution in [0, 0.1) is 0 Å². The summed E-state index contributed by atoms with van der Waals surface area (Å²) in [4.78, 5) is 18.9. The van der Waals surface area contributed by atoms with Gasteiger partial charge in [0.15, 0.2) is 0 Å². The quantitative estimate of drug-likeness (QED) is 0.785. The van der Waals surface area contributed by atoms with Crippen molar-refractivity contribution in [3.63, 3.8) is 0 Å². The van der Waals surface area contributed by atoms with E-state index in [-0.39, 0.29) is 6.03 Å². The van der Waals surface area contributed by atoms with Gasteiger partial charge >= 0.3 is 6.03 Å². The molecule has 1 saturated heterocycles. The second-order valence-corrected chi connectivity index (χ2v) is 6.57. The number of pyridine rings is 1. The molecule has 6 nitrogen and oxygen atoms in total. The summed E-state index contributed by atoms with van der Waals surface area (Å²) >= 11 is 0. The largest absolute Gasteiger partial charge is 0.370 e. The summed E-state index contributed by atoms with van der Waals surface area (Å²) in [6.45, 7) is 3.72. The number of urea groups is 1. The number of fused-ring (bicyclic) bond motifs is 1. The molecular weight excluding hydrogens is 290 g/mol. The highest BCUT2D eigenvalue weighted by atomic mass is 16.2. The van der Waals surface area contributed by atoms with Gasteiger partial charge in [-0.25, -0.2) is 9.78 Å². The molecule has 3 rings (SSSR count). The molecule has 2 aliphatic heterocycles. The van der Waals surface area contributed by atoms with Crippen molar-refractivity contribution in [3.8, 4) is 0 Å². The molecule has 0 radical (unpaired) electrons. The molecule has 1 aromatic rings. The molecule has 0 bridgehead atoms. The Labute approximate surface area is 138 Å². The van der Waals surface area contributed by atoms with E-state index in [1.54, 1.807) is 0 Å². The molecule has 3 N–H and O–H groups in total. The van der Waals surface area contributed by atoms with Crippen LogP contribution in [0.15, 0.2) is 12.1 Å². The molecule has 0 aliphatic carbocycles. The SMILES string of the molecule is CN1CCC(NC(=O)NCCc2ccc3c(n2)NCCC3)CC1. The number of nitrogens with zero attached hydrogens (tertiary/aromatic N) is 2. The monoisotopic (exact) mass is 317 g/mol. The van der Waals surface area contributed by atoms with Crippen molar-refractivity contribution < 1.29 is 4.79 Å². The van der Waals surface area contributed by atoms with Gasteiger partial charge < -0.3 is 20.9 Å². The standard InChI is InChI=1S/C17H27N5O/c1-22-11-7-15(8-12-22)21-17(23)19-10-6-14-5-4-13-3-2-9-18-16(13)20-14/h4-5,15H,2-3,6-12H2,1H3,(H,18,20)(H2,19,21,23). The molecular formula is C17H27N5O. The number of carbonyl (C=O) groups is 1. The topological polar surface area (TPSA) is 69.3 Å². The number of hydrogen-bond donors (Lipinski definition) is 3. The molecule has 0 saturated carbocycles. The number of amides is 2. The summed E-state index contributed by atoms with van der Waals surface area (Å²) in [5.41, 5.74) is 2.32. The van der Waals surface area contributed by atoms with E-state index < -0.39 is 0 Å². The Bertz CT molecular complexity index is 540. The van der Waals surface area contributed by atoms with E-state index in [2.05, 4.69) is 45.0 Å². The highest BCUT2D eigenvalue weighted by Crippen LogP contribution is 2.19. The average molecular weight is 317 g/mol. The molecule has 0 atom stereocenters. The third-order valence-electron chi connectivity index (χ3n) is 4.67. The maximum absolute atomic E-state index is 11.9. The molecule has 0 spiro atoms. The number of anilines is 1. The van der Waals surface area contributed by atoms with Crippen LogP contribution in [-0.2, 0) is 12.8 Å². The predicted octanol–water partition coefficient (Wildman–Crippen LogP) is 1.38. The van der Waals surface area contributed by atoms with E-state index in [1.807, 2.05) is 0 Å². The number of aromatic nitrogens is 1. The van der Waals surface area contributed by atoms with Gasteiger partial charge in [0, 0.05) is 31.2 Å². The van der Waals surface area contributed by atoms with Gasteiger partial charge in [0.25, 0.3) is 0 Å². The molecule has 3 heterocycles. The van der Waals surface area contributed by atoms with Crippen molar-refractivity contribution in [1.82, 2.24) is 20.5 Å². The molecule has 2 amide bonds. The number of rotatable bonds is 4. The summed E-state index contributed by atoms with van der Waals surface area (Å²) in [6.07, 6.45) is 5.10. The van der Waals surface area contributed by atoms with Crippen LogP contribution in [0.1, 0.15) is 30.5 Å². The lowest BCUT2D eigenvalue weighted by Crippen LogP contribution is -2.47. The molecule has 6 heteroatoms. The normalized spacial score (nSPS) is 18.8. The molecule has 2 aliphatic rings. The Balaban J connectivity index is 1.40. The fourth-order valence-corrected chi connectivity index (χ4v) is 3.20. The Morgan fingerprint density at radius 3 is 3.04 bits per heavy atom. The van der Waals surface area contributed by atoms with Crippen molar-refractivity contribution in [3.05, 3.63) is 23.4 Å². The third kappa shape index (κ3) is 4.58. The maximum Gasteiger partial charge on any atom is 0.315 e. The van der Waals surface area contributed by atoms with Crippen LogP contribution in [0.5, 0.6) is 0 Å². The van der Waals surface area contributed by atoms with Crippen molar-refractivity contribution in [1.29, 1.82) is 0 Å². The van der Waals surface area contributed by atoms with Gasteiger partial charge in [0.1, 0.15) is 5.82 Å². The highest BCUT2D eigenvalue weighted by molar-refractivity contribution is 5.74. The molecule has 1 aromatic heterocycles. The Kier molecular flexibility index (Phi) is 5.33. The minimum atomic E-state index is -0.0596. The number of carbonyl (C=O) groups excluding carboxylic acids is 1. The van der Waals surface area contributed by atoms with Gasteiger partial charge in [-0.3, -0.25) is 0 Å². The first kappa shape index (κ1) is 16.1. The first-order chi connectivity index (χ1) is 11.2. The summed E-state index contributed by atoms with van der Waals surface area (Å²) in [6, 6.07) is 4.47. The number of likely N-dealkylation sites (tertiary alicyclic amines) is 1. The molecule has 0 unspecified atom stereocenters. The van der Waals surface area contributed by atoms with Gasteiger partial charge in [0.2, 0.25) is 0 Å². The zero-order valence-electron chi connectivity index (χ0n) is 13.9. The van der Waals surface area contributed by atoms with Crippen LogP contribution in [0.4, 0.5) is 10.6 Å². The highest BCUT2D eigenvalue weighted by Gasteiger charge is 2.18. The van der Waals surface area contributed by atoms with E-state index in [9.17, 15) is 4.79 Å². The van der Waals surface area contributed by atoms with Crippen LogP contribution in [0.25, 0.3) is 0 Å². The Hall–Kier alpha value is -1.82. The number of hydrogen-bond acceptors (Lipinski definition) is 4. The Morgan fingerprint density at radius 2 is 2.22 bits per heavy atom. The van der Waals surface area contributed by atoms with Crippen molar-refractivity contribution in [2.75, 3.05) is 38.5 Å². The van der Waals surface area contributed by atoms with E-state index >= 15 is 0 Å². The smallest absolute Gasteiger partial charge is 0.315 e. The second kappa shape index (κ2) is 7.64. The fraction of sp³-hybridized carbons (Fsp3) is 0.647. The molecule has 1 fully saturated rings. The summed E-state index contributed by atoms with van der Waals surface area (Å²) in [5, 5.41) is 9.36.